The molecule has 0 saturated heterocycles. The first-order valence-electron chi connectivity index (χ1n) is 6.18. The van der Waals surface area contributed by atoms with E-state index >= 15 is 0 Å². The van der Waals surface area contributed by atoms with E-state index in [2.05, 4.69) is 4.72 Å². The van der Waals surface area contributed by atoms with Crippen LogP contribution in [0, 0.1) is 22.2 Å². The summed E-state index contributed by atoms with van der Waals surface area (Å²) in [6.45, 7) is 9.48. The van der Waals surface area contributed by atoms with Crippen LogP contribution >= 0.6 is 0 Å². The van der Waals surface area contributed by atoms with Gasteiger partial charge in [-0.25, -0.2) is 13.1 Å². The van der Waals surface area contributed by atoms with E-state index in [1.807, 2.05) is 33.8 Å². The molecule has 1 rings (SSSR count). The van der Waals surface area contributed by atoms with Crippen molar-refractivity contribution in [2.45, 2.75) is 58.4 Å². The fourth-order valence-corrected chi connectivity index (χ4v) is 4.79. The standard InChI is InChI=1S/C12H23N3O2S/c1-6-8(7-13)18(16,17)15-10-11(2,3)9(14)12(10,4)5/h8-10,15H,6,14H2,1-5H3. The molecule has 0 amide bonds. The number of nitrogens with two attached hydrogens (primary N) is 1. The zero-order chi connectivity index (χ0) is 14.4. The van der Waals surface area contributed by atoms with Crippen molar-refractivity contribution < 1.29 is 8.42 Å². The highest BCUT2D eigenvalue weighted by Crippen LogP contribution is 2.52. The van der Waals surface area contributed by atoms with Crippen molar-refractivity contribution in [1.29, 1.82) is 5.26 Å². The Morgan fingerprint density at radius 1 is 1.33 bits per heavy atom. The monoisotopic (exact) mass is 273 g/mol. The van der Waals surface area contributed by atoms with E-state index < -0.39 is 15.3 Å². The Bertz CT molecular complexity index is 446. The Kier molecular flexibility index (Phi) is 3.84. The van der Waals surface area contributed by atoms with Crippen molar-refractivity contribution in [3.8, 4) is 6.07 Å². The Morgan fingerprint density at radius 2 is 1.78 bits per heavy atom. The Morgan fingerprint density at radius 3 is 2.11 bits per heavy atom. The molecule has 1 aliphatic carbocycles. The Balaban J connectivity index is 2.96. The normalized spacial score (nSPS) is 31.2. The van der Waals surface area contributed by atoms with Gasteiger partial charge in [-0.05, 0) is 17.3 Å². The molecule has 0 spiro atoms. The molecular formula is C12H23N3O2S. The first kappa shape index (κ1) is 15.4. The van der Waals surface area contributed by atoms with Crippen LogP contribution in [0.15, 0.2) is 0 Å². The molecule has 6 heteroatoms. The van der Waals surface area contributed by atoms with Gasteiger partial charge >= 0.3 is 0 Å². The van der Waals surface area contributed by atoms with Crippen LogP contribution in [0.5, 0.6) is 0 Å². The van der Waals surface area contributed by atoms with Crippen LogP contribution in [0.1, 0.15) is 41.0 Å². The van der Waals surface area contributed by atoms with Crippen molar-refractivity contribution in [2.24, 2.45) is 16.6 Å². The second-order valence-electron chi connectivity index (χ2n) is 6.24. The largest absolute Gasteiger partial charge is 0.327 e. The second kappa shape index (κ2) is 4.48. The van der Waals surface area contributed by atoms with Gasteiger partial charge in [-0.15, -0.1) is 0 Å². The third kappa shape index (κ3) is 2.15. The van der Waals surface area contributed by atoms with Gasteiger partial charge in [0.05, 0.1) is 6.07 Å². The highest BCUT2D eigenvalue weighted by Gasteiger charge is 2.61. The van der Waals surface area contributed by atoms with E-state index in [4.69, 9.17) is 11.0 Å². The van der Waals surface area contributed by atoms with E-state index in [0.29, 0.717) is 0 Å². The van der Waals surface area contributed by atoms with Gasteiger partial charge in [0.25, 0.3) is 0 Å². The van der Waals surface area contributed by atoms with E-state index in [9.17, 15) is 8.42 Å². The first-order valence-corrected chi connectivity index (χ1v) is 7.72. The smallest absolute Gasteiger partial charge is 0.228 e. The topological polar surface area (TPSA) is 96.0 Å². The summed E-state index contributed by atoms with van der Waals surface area (Å²) in [5.41, 5.74) is 5.48. The van der Waals surface area contributed by atoms with E-state index in [-0.39, 0.29) is 29.3 Å². The molecule has 3 N–H and O–H groups in total. The van der Waals surface area contributed by atoms with Crippen molar-refractivity contribution in [3.63, 3.8) is 0 Å². The molecule has 0 aromatic rings. The third-order valence-corrected chi connectivity index (χ3v) is 6.01. The summed E-state index contributed by atoms with van der Waals surface area (Å²) in [6.07, 6.45) is 0.283. The summed E-state index contributed by atoms with van der Waals surface area (Å²) in [4.78, 5) is 0. The molecular weight excluding hydrogens is 250 g/mol. The second-order valence-corrected chi connectivity index (χ2v) is 8.14. The molecule has 1 aliphatic rings. The minimum Gasteiger partial charge on any atom is -0.327 e. The lowest BCUT2D eigenvalue weighted by Crippen LogP contribution is -2.76. The van der Waals surface area contributed by atoms with Crippen molar-refractivity contribution in [3.05, 3.63) is 0 Å². The summed E-state index contributed by atoms with van der Waals surface area (Å²) >= 11 is 0. The molecule has 1 fully saturated rings. The van der Waals surface area contributed by atoms with Gasteiger partial charge in [-0.1, -0.05) is 34.6 Å². The highest BCUT2D eigenvalue weighted by molar-refractivity contribution is 7.90. The zero-order valence-electron chi connectivity index (χ0n) is 11.7. The van der Waals surface area contributed by atoms with Crippen LogP contribution in [-0.2, 0) is 10.0 Å². The molecule has 1 atom stereocenters. The van der Waals surface area contributed by atoms with Crippen LogP contribution in [0.3, 0.4) is 0 Å². The highest BCUT2D eigenvalue weighted by atomic mass is 32.2. The predicted octanol–water partition coefficient (Wildman–Crippen LogP) is 0.970. The average Bonchev–Trinajstić information content (AvgIpc) is 2.26. The zero-order valence-corrected chi connectivity index (χ0v) is 12.5. The number of sulfonamides is 1. The van der Waals surface area contributed by atoms with Crippen LogP contribution < -0.4 is 10.5 Å². The Labute approximate surface area is 110 Å². The number of hydrogen-bond donors (Lipinski definition) is 2. The van der Waals surface area contributed by atoms with Crippen molar-refractivity contribution >= 4 is 10.0 Å². The first-order chi connectivity index (χ1) is 8.01. The van der Waals surface area contributed by atoms with Crippen LogP contribution in [0.2, 0.25) is 0 Å². The maximum Gasteiger partial charge on any atom is 0.228 e. The number of hydrogen-bond acceptors (Lipinski definition) is 4. The van der Waals surface area contributed by atoms with Gasteiger partial charge in [0.1, 0.15) is 0 Å². The van der Waals surface area contributed by atoms with Gasteiger partial charge in [-0.3, -0.25) is 0 Å². The summed E-state index contributed by atoms with van der Waals surface area (Å²) < 4.78 is 26.9. The van der Waals surface area contributed by atoms with Gasteiger partial charge in [0, 0.05) is 12.1 Å². The maximum absolute atomic E-state index is 12.1. The van der Waals surface area contributed by atoms with E-state index in [1.165, 1.54) is 0 Å². The van der Waals surface area contributed by atoms with Crippen LogP contribution in [0.25, 0.3) is 0 Å². The summed E-state index contributed by atoms with van der Waals surface area (Å²) in [5.74, 6) is 0. The lowest BCUT2D eigenvalue weighted by atomic mass is 9.49. The molecule has 1 unspecified atom stereocenters. The van der Waals surface area contributed by atoms with Crippen molar-refractivity contribution in [1.82, 2.24) is 4.72 Å². The minimum absolute atomic E-state index is 0.0696. The SMILES string of the molecule is CCC(C#N)S(=O)(=O)NC1C(C)(C)C(N)C1(C)C. The number of nitrogens with one attached hydrogen (secondary N) is 1. The molecule has 0 aliphatic heterocycles. The fraction of sp³-hybridized carbons (Fsp3) is 0.917. The molecule has 104 valence electrons. The molecule has 0 radical (unpaired) electrons. The average molecular weight is 273 g/mol. The molecule has 0 bridgehead atoms. The summed E-state index contributed by atoms with van der Waals surface area (Å²) in [7, 11) is -3.61. The van der Waals surface area contributed by atoms with Gasteiger partial charge in [0.2, 0.25) is 10.0 Å². The van der Waals surface area contributed by atoms with Gasteiger partial charge in [-0.2, -0.15) is 5.26 Å². The number of nitriles is 1. The third-order valence-electron chi connectivity index (χ3n) is 4.26. The molecule has 1 saturated carbocycles. The van der Waals surface area contributed by atoms with E-state index in [1.54, 1.807) is 6.92 Å². The summed E-state index contributed by atoms with van der Waals surface area (Å²) in [5, 5.41) is 7.88. The lowest BCUT2D eigenvalue weighted by molar-refractivity contribution is -0.0594. The molecule has 0 heterocycles. The molecule has 0 aromatic carbocycles. The van der Waals surface area contributed by atoms with Gasteiger partial charge < -0.3 is 5.73 Å². The Hall–Kier alpha value is -0.640. The van der Waals surface area contributed by atoms with E-state index in [0.717, 1.165) is 0 Å². The quantitative estimate of drug-likeness (QED) is 0.797. The fourth-order valence-electron chi connectivity index (χ4n) is 3.11. The van der Waals surface area contributed by atoms with Crippen LogP contribution in [-0.4, -0.2) is 25.8 Å². The number of nitrogens with zero attached hydrogens (tertiary/aromatic N) is 1. The number of rotatable bonds is 4. The van der Waals surface area contributed by atoms with Crippen LogP contribution in [0.4, 0.5) is 0 Å². The minimum atomic E-state index is -3.61. The van der Waals surface area contributed by atoms with Gasteiger partial charge in [0.15, 0.2) is 5.25 Å². The molecule has 0 aromatic heterocycles. The molecule has 5 nitrogen and oxygen atoms in total. The summed E-state index contributed by atoms with van der Waals surface area (Å²) in [6, 6.07) is 1.52. The molecule has 18 heavy (non-hydrogen) atoms. The predicted molar refractivity (Wildman–Crippen MR) is 71.1 cm³/mol. The maximum atomic E-state index is 12.1. The van der Waals surface area contributed by atoms with Crippen molar-refractivity contribution in [2.75, 3.05) is 0 Å². The lowest BCUT2D eigenvalue weighted by Gasteiger charge is -2.62.